The topological polar surface area (TPSA) is 100 Å². The molecule has 4 aromatic rings. The number of hydroxylamine groups is 1. The highest BCUT2D eigenvalue weighted by Gasteiger charge is 2.31. The van der Waals surface area contributed by atoms with Crippen molar-refractivity contribution in [1.82, 2.24) is 25.4 Å². The molecule has 1 aromatic heterocycles. The summed E-state index contributed by atoms with van der Waals surface area (Å²) < 4.78 is 15.0. The molecule has 0 spiro atoms. The van der Waals surface area contributed by atoms with Gasteiger partial charge in [0, 0.05) is 12.1 Å². The molecule has 0 bridgehead atoms. The van der Waals surface area contributed by atoms with E-state index in [2.05, 4.69) is 16.4 Å². The molecule has 190 valence electrons. The number of hydrogen-bond acceptors (Lipinski definition) is 5. The lowest BCUT2D eigenvalue weighted by atomic mass is 9.98. The number of nitrogens with one attached hydrogen (secondary N) is 1. The van der Waals surface area contributed by atoms with E-state index in [1.807, 2.05) is 36.4 Å². The van der Waals surface area contributed by atoms with Gasteiger partial charge in [-0.15, -0.1) is 5.10 Å². The molecule has 1 fully saturated rings. The molecule has 1 aliphatic rings. The minimum Gasteiger partial charge on any atom is -0.330 e. The van der Waals surface area contributed by atoms with Gasteiger partial charge < -0.3 is 4.90 Å². The lowest BCUT2D eigenvalue weighted by molar-refractivity contribution is -0.130. The molecule has 3 aromatic carbocycles. The summed E-state index contributed by atoms with van der Waals surface area (Å²) in [5.41, 5.74) is 3.81. The number of rotatable bonds is 7. The molecule has 2 unspecified atom stereocenters. The van der Waals surface area contributed by atoms with Crippen molar-refractivity contribution in [2.45, 2.75) is 44.2 Å². The lowest BCUT2D eigenvalue weighted by Gasteiger charge is -2.34. The Balaban J connectivity index is 1.40. The van der Waals surface area contributed by atoms with Crippen LogP contribution in [-0.2, 0) is 11.2 Å². The van der Waals surface area contributed by atoms with Gasteiger partial charge in [0.25, 0.3) is 5.91 Å². The molecule has 0 aliphatic carbocycles. The van der Waals surface area contributed by atoms with Crippen LogP contribution < -0.4 is 5.48 Å². The Labute approximate surface area is 213 Å². The highest BCUT2D eigenvalue weighted by atomic mass is 19.1. The van der Waals surface area contributed by atoms with Crippen LogP contribution in [0, 0.1) is 5.82 Å². The van der Waals surface area contributed by atoms with E-state index >= 15 is 0 Å². The molecule has 8 nitrogen and oxygen atoms in total. The Kier molecular flexibility index (Phi) is 7.23. The average molecular weight is 502 g/mol. The van der Waals surface area contributed by atoms with E-state index in [4.69, 9.17) is 5.21 Å². The first kappa shape index (κ1) is 24.6. The van der Waals surface area contributed by atoms with Crippen molar-refractivity contribution in [2.75, 3.05) is 6.54 Å². The van der Waals surface area contributed by atoms with Gasteiger partial charge in [-0.25, -0.2) is 14.6 Å². The Hall–Kier alpha value is -4.11. The predicted octanol–water partition coefficient (Wildman–Crippen LogP) is 4.62. The molecule has 9 heteroatoms. The summed E-state index contributed by atoms with van der Waals surface area (Å²) in [7, 11) is 0. The van der Waals surface area contributed by atoms with Crippen molar-refractivity contribution in [1.29, 1.82) is 0 Å². The number of carbonyl (C=O) groups excluding carboxylic acids is 2. The predicted molar refractivity (Wildman–Crippen MR) is 135 cm³/mol. The number of nitrogens with zero attached hydrogens (tertiary/aromatic N) is 4. The normalized spacial score (nSPS) is 16.5. The summed E-state index contributed by atoms with van der Waals surface area (Å²) >= 11 is 0. The fourth-order valence-corrected chi connectivity index (χ4v) is 5.02. The van der Waals surface area contributed by atoms with Crippen LogP contribution in [0.2, 0.25) is 0 Å². The summed E-state index contributed by atoms with van der Waals surface area (Å²) in [6, 6.07) is 19.1. The molecule has 0 saturated carbocycles. The average Bonchev–Trinajstić information content (AvgIpc) is 3.43. The molecule has 1 aliphatic heterocycles. The molecule has 1 saturated heterocycles. The zero-order chi connectivity index (χ0) is 25.8. The van der Waals surface area contributed by atoms with Crippen molar-refractivity contribution in [3.8, 4) is 0 Å². The van der Waals surface area contributed by atoms with E-state index in [9.17, 15) is 14.0 Å². The van der Waals surface area contributed by atoms with E-state index in [1.54, 1.807) is 21.3 Å². The number of piperidine rings is 1. The minimum absolute atomic E-state index is 0.00895. The molecule has 5 rings (SSSR count). The van der Waals surface area contributed by atoms with E-state index in [0.29, 0.717) is 24.2 Å². The SMILES string of the molecule is O=C(CC(Cc1ccc2ccccc2c1)n1cc(C2CCCCN2C(=O)c2ccc(F)cc2)nn1)NO. The quantitative estimate of drug-likeness (QED) is 0.284. The first-order valence-electron chi connectivity index (χ1n) is 12.4. The Morgan fingerprint density at radius 1 is 1.05 bits per heavy atom. The third kappa shape index (κ3) is 5.51. The second kappa shape index (κ2) is 10.9. The Morgan fingerprint density at radius 2 is 1.84 bits per heavy atom. The van der Waals surface area contributed by atoms with Crippen molar-refractivity contribution in [3.63, 3.8) is 0 Å². The van der Waals surface area contributed by atoms with Gasteiger partial charge in [0.05, 0.1) is 24.7 Å². The monoisotopic (exact) mass is 501 g/mol. The van der Waals surface area contributed by atoms with Crippen molar-refractivity contribution in [2.24, 2.45) is 0 Å². The van der Waals surface area contributed by atoms with Crippen molar-refractivity contribution < 1.29 is 19.2 Å². The van der Waals surface area contributed by atoms with E-state index in [-0.39, 0.29) is 30.2 Å². The summed E-state index contributed by atoms with van der Waals surface area (Å²) in [6.07, 6.45) is 4.85. The maximum atomic E-state index is 13.4. The third-order valence-electron chi connectivity index (χ3n) is 6.93. The lowest BCUT2D eigenvalue weighted by Crippen LogP contribution is -2.38. The van der Waals surface area contributed by atoms with Crippen molar-refractivity contribution >= 4 is 22.6 Å². The molecule has 0 radical (unpaired) electrons. The molecule has 2 amide bonds. The Morgan fingerprint density at radius 3 is 2.62 bits per heavy atom. The fraction of sp³-hybridized carbons (Fsp3) is 0.286. The summed E-state index contributed by atoms with van der Waals surface area (Å²) in [5, 5.41) is 20.1. The maximum absolute atomic E-state index is 13.4. The Bertz CT molecular complexity index is 1400. The van der Waals surface area contributed by atoms with Crippen LogP contribution in [0.25, 0.3) is 10.8 Å². The van der Waals surface area contributed by atoms with Crippen LogP contribution in [0.3, 0.4) is 0 Å². The van der Waals surface area contributed by atoms with Crippen LogP contribution in [0.1, 0.15) is 59.4 Å². The zero-order valence-electron chi connectivity index (χ0n) is 20.3. The van der Waals surface area contributed by atoms with Crippen LogP contribution in [0.5, 0.6) is 0 Å². The van der Waals surface area contributed by atoms with E-state index in [0.717, 1.165) is 35.6 Å². The number of fused-ring (bicyclic) bond motifs is 1. The number of carbonyl (C=O) groups is 2. The highest BCUT2D eigenvalue weighted by molar-refractivity contribution is 5.94. The summed E-state index contributed by atoms with van der Waals surface area (Å²) in [6.45, 7) is 0.571. The van der Waals surface area contributed by atoms with Gasteiger partial charge in [0.15, 0.2) is 0 Å². The highest BCUT2D eigenvalue weighted by Crippen LogP contribution is 2.32. The third-order valence-corrected chi connectivity index (χ3v) is 6.93. The van der Waals surface area contributed by atoms with Gasteiger partial charge in [0.1, 0.15) is 11.5 Å². The molecule has 2 atom stereocenters. The van der Waals surface area contributed by atoms with Crippen molar-refractivity contribution in [3.05, 3.63) is 95.6 Å². The van der Waals surface area contributed by atoms with Crippen LogP contribution in [-0.4, -0.2) is 43.5 Å². The maximum Gasteiger partial charge on any atom is 0.254 e. The first-order chi connectivity index (χ1) is 18.0. The number of aromatic nitrogens is 3. The molecule has 2 N–H and O–H groups in total. The molecule has 37 heavy (non-hydrogen) atoms. The standard InChI is InChI=1S/C28H28FN5O3/c29-23-12-10-21(11-13-23)28(36)33-14-4-3-7-26(33)25-18-34(32-30-25)24(17-27(35)31-37)16-19-8-9-20-5-1-2-6-22(20)15-19/h1-2,5-6,8-13,15,18,24,26,37H,3-4,7,14,16-17H2,(H,31,35). The number of likely N-dealkylation sites (tertiary alicyclic amines) is 1. The second-order valence-electron chi connectivity index (χ2n) is 9.42. The zero-order valence-corrected chi connectivity index (χ0v) is 20.3. The molecular weight excluding hydrogens is 473 g/mol. The molecule has 2 heterocycles. The van der Waals surface area contributed by atoms with E-state index < -0.39 is 5.91 Å². The fourth-order valence-electron chi connectivity index (χ4n) is 5.02. The first-order valence-corrected chi connectivity index (χ1v) is 12.4. The molecular formula is C28H28FN5O3. The van der Waals surface area contributed by atoms with Crippen LogP contribution in [0.4, 0.5) is 4.39 Å². The number of benzene rings is 3. The summed E-state index contributed by atoms with van der Waals surface area (Å²) in [4.78, 5) is 27.1. The van der Waals surface area contributed by atoms with Crippen LogP contribution >= 0.6 is 0 Å². The minimum atomic E-state index is -0.520. The van der Waals surface area contributed by atoms with Gasteiger partial charge in [0.2, 0.25) is 5.91 Å². The second-order valence-corrected chi connectivity index (χ2v) is 9.42. The van der Waals surface area contributed by atoms with Gasteiger partial charge in [-0.1, -0.05) is 47.7 Å². The van der Waals surface area contributed by atoms with E-state index in [1.165, 1.54) is 24.3 Å². The van der Waals surface area contributed by atoms with Gasteiger partial charge in [-0.2, -0.15) is 0 Å². The van der Waals surface area contributed by atoms with Crippen LogP contribution in [0.15, 0.2) is 72.9 Å². The smallest absolute Gasteiger partial charge is 0.254 e. The number of hydrogen-bond donors (Lipinski definition) is 2. The largest absolute Gasteiger partial charge is 0.330 e. The van der Waals surface area contributed by atoms with Gasteiger partial charge in [-0.05, 0) is 66.3 Å². The van der Waals surface area contributed by atoms with Gasteiger partial charge in [-0.3, -0.25) is 14.8 Å². The summed E-state index contributed by atoms with van der Waals surface area (Å²) in [5.74, 6) is -1.08. The number of halogens is 1. The van der Waals surface area contributed by atoms with Gasteiger partial charge >= 0.3 is 0 Å². The number of amides is 2.